The van der Waals surface area contributed by atoms with Crippen LogP contribution in [-0.4, -0.2) is 11.8 Å². The fourth-order valence-electron chi connectivity index (χ4n) is 2.25. The number of carbonyl (C=O) groups excluding carboxylic acids is 1. The average molecular weight is 420 g/mol. The SMILES string of the molecule is O=C(Nc1ccc(Cl)cc1)ON=C(c1ccc(Cl)cc1)c1ccc(Cl)cc1. The first-order chi connectivity index (χ1) is 13.0. The lowest BCUT2D eigenvalue weighted by Crippen LogP contribution is -2.13. The lowest BCUT2D eigenvalue weighted by atomic mass is 10.0. The summed E-state index contributed by atoms with van der Waals surface area (Å²) < 4.78 is 0. The number of rotatable bonds is 4. The molecule has 0 aliphatic heterocycles. The third kappa shape index (κ3) is 5.47. The number of anilines is 1. The molecule has 7 heteroatoms. The molecule has 27 heavy (non-hydrogen) atoms. The van der Waals surface area contributed by atoms with Crippen LogP contribution in [0.25, 0.3) is 0 Å². The highest BCUT2D eigenvalue weighted by Crippen LogP contribution is 2.18. The van der Waals surface area contributed by atoms with Crippen LogP contribution in [0.2, 0.25) is 15.1 Å². The third-order valence-corrected chi connectivity index (χ3v) is 4.30. The molecule has 0 unspecified atom stereocenters. The summed E-state index contributed by atoms with van der Waals surface area (Å²) in [4.78, 5) is 17.1. The second-order valence-corrected chi connectivity index (χ2v) is 6.77. The molecule has 0 bridgehead atoms. The first kappa shape index (κ1) is 19.2. The van der Waals surface area contributed by atoms with E-state index >= 15 is 0 Å². The number of halogens is 3. The molecule has 0 atom stereocenters. The fraction of sp³-hybridized carbons (Fsp3) is 0. The standard InChI is InChI=1S/C20H13Cl3N2O2/c21-15-5-1-13(2-6-15)19(14-3-7-16(22)8-4-14)25-27-20(26)24-18-11-9-17(23)10-12-18/h1-12H,(H,24,26). The van der Waals surface area contributed by atoms with Crippen LogP contribution in [0.4, 0.5) is 10.5 Å². The van der Waals surface area contributed by atoms with E-state index in [2.05, 4.69) is 10.5 Å². The van der Waals surface area contributed by atoms with Crippen LogP contribution in [0.3, 0.4) is 0 Å². The maximum atomic E-state index is 12.1. The van der Waals surface area contributed by atoms with E-state index in [9.17, 15) is 4.79 Å². The zero-order valence-electron chi connectivity index (χ0n) is 13.8. The number of hydrogen-bond acceptors (Lipinski definition) is 3. The van der Waals surface area contributed by atoms with Crippen molar-refractivity contribution < 1.29 is 9.63 Å². The second kappa shape index (κ2) is 8.91. The van der Waals surface area contributed by atoms with Gasteiger partial charge < -0.3 is 0 Å². The van der Waals surface area contributed by atoms with E-state index < -0.39 is 6.09 Å². The highest BCUT2D eigenvalue weighted by Gasteiger charge is 2.11. The van der Waals surface area contributed by atoms with Crippen molar-refractivity contribution >= 4 is 52.3 Å². The minimum Gasteiger partial charge on any atom is -0.297 e. The summed E-state index contributed by atoms with van der Waals surface area (Å²) in [6.45, 7) is 0. The Hall–Kier alpha value is -2.53. The molecule has 0 aliphatic rings. The number of amides is 1. The molecule has 1 N–H and O–H groups in total. The summed E-state index contributed by atoms with van der Waals surface area (Å²) in [5, 5.41) is 8.36. The number of oxime groups is 1. The van der Waals surface area contributed by atoms with Gasteiger partial charge in [0.15, 0.2) is 0 Å². The topological polar surface area (TPSA) is 50.7 Å². The molecular formula is C20H13Cl3N2O2. The first-order valence-electron chi connectivity index (χ1n) is 7.85. The Bertz CT molecular complexity index is 907. The molecule has 3 aromatic rings. The highest BCUT2D eigenvalue weighted by molar-refractivity contribution is 6.31. The number of hydrogen-bond donors (Lipinski definition) is 1. The van der Waals surface area contributed by atoms with Gasteiger partial charge in [-0.25, -0.2) is 4.79 Å². The smallest absolute Gasteiger partial charge is 0.297 e. The van der Waals surface area contributed by atoms with E-state index in [0.717, 1.165) is 11.1 Å². The van der Waals surface area contributed by atoms with Crippen LogP contribution in [0.1, 0.15) is 11.1 Å². The Kier molecular flexibility index (Phi) is 6.35. The first-order valence-corrected chi connectivity index (χ1v) is 8.98. The van der Waals surface area contributed by atoms with Gasteiger partial charge in [-0.1, -0.05) is 64.2 Å². The van der Waals surface area contributed by atoms with Crippen molar-refractivity contribution in [3.63, 3.8) is 0 Å². The van der Waals surface area contributed by atoms with Crippen molar-refractivity contribution in [1.82, 2.24) is 0 Å². The van der Waals surface area contributed by atoms with Crippen LogP contribution in [-0.2, 0) is 4.84 Å². The second-order valence-electron chi connectivity index (χ2n) is 5.46. The predicted octanol–water partition coefficient (Wildman–Crippen LogP) is 6.65. The van der Waals surface area contributed by atoms with Gasteiger partial charge in [-0.2, -0.15) is 0 Å². The van der Waals surface area contributed by atoms with Crippen molar-refractivity contribution in [3.8, 4) is 0 Å². The Morgan fingerprint density at radius 1 is 0.704 bits per heavy atom. The normalized spacial score (nSPS) is 10.2. The molecule has 0 spiro atoms. The summed E-state index contributed by atoms with van der Waals surface area (Å²) in [5.41, 5.74) is 2.48. The molecule has 136 valence electrons. The van der Waals surface area contributed by atoms with Crippen molar-refractivity contribution in [2.75, 3.05) is 5.32 Å². The van der Waals surface area contributed by atoms with Crippen LogP contribution in [0.5, 0.6) is 0 Å². The highest BCUT2D eigenvalue weighted by atomic mass is 35.5. The van der Waals surface area contributed by atoms with Crippen LogP contribution in [0, 0.1) is 0 Å². The van der Waals surface area contributed by atoms with Gasteiger partial charge in [-0.15, -0.1) is 0 Å². The van der Waals surface area contributed by atoms with E-state index in [0.29, 0.717) is 26.5 Å². The quantitative estimate of drug-likeness (QED) is 0.292. The molecule has 1 amide bonds. The maximum Gasteiger partial charge on any atom is 0.437 e. The Morgan fingerprint density at radius 3 is 1.56 bits per heavy atom. The van der Waals surface area contributed by atoms with Gasteiger partial charge in [-0.3, -0.25) is 10.2 Å². The molecule has 0 saturated heterocycles. The van der Waals surface area contributed by atoms with Crippen LogP contribution >= 0.6 is 34.8 Å². The molecule has 0 heterocycles. The zero-order valence-corrected chi connectivity index (χ0v) is 16.1. The van der Waals surface area contributed by atoms with E-state index in [4.69, 9.17) is 39.6 Å². The van der Waals surface area contributed by atoms with E-state index in [1.165, 1.54) is 0 Å². The van der Waals surface area contributed by atoms with Crippen molar-refractivity contribution in [1.29, 1.82) is 0 Å². The van der Waals surface area contributed by atoms with Gasteiger partial charge in [0.05, 0.1) is 0 Å². The Balaban J connectivity index is 1.83. The number of nitrogens with zero attached hydrogens (tertiary/aromatic N) is 1. The Morgan fingerprint density at radius 2 is 1.11 bits per heavy atom. The summed E-state index contributed by atoms with van der Waals surface area (Å²) in [5.74, 6) is 0. The number of carbonyl (C=O) groups is 1. The molecule has 3 rings (SSSR count). The van der Waals surface area contributed by atoms with Gasteiger partial charge in [0.1, 0.15) is 5.71 Å². The molecule has 3 aromatic carbocycles. The molecular weight excluding hydrogens is 407 g/mol. The van der Waals surface area contributed by atoms with Gasteiger partial charge in [0.25, 0.3) is 0 Å². The summed E-state index contributed by atoms with van der Waals surface area (Å²) in [7, 11) is 0. The number of nitrogens with one attached hydrogen (secondary N) is 1. The van der Waals surface area contributed by atoms with Gasteiger partial charge in [0.2, 0.25) is 0 Å². The van der Waals surface area contributed by atoms with Gasteiger partial charge in [0, 0.05) is 31.9 Å². The average Bonchev–Trinajstić information content (AvgIpc) is 2.66. The minimum atomic E-state index is -0.724. The minimum absolute atomic E-state index is 0.467. The molecule has 0 aliphatic carbocycles. The number of benzene rings is 3. The van der Waals surface area contributed by atoms with Gasteiger partial charge in [-0.05, 0) is 48.5 Å². The molecule has 0 aromatic heterocycles. The monoisotopic (exact) mass is 418 g/mol. The summed E-state index contributed by atoms with van der Waals surface area (Å²) in [6, 6.07) is 20.7. The molecule has 0 radical (unpaired) electrons. The van der Waals surface area contributed by atoms with E-state index in [1.807, 2.05) is 0 Å². The Labute approximate surface area is 171 Å². The largest absolute Gasteiger partial charge is 0.437 e. The van der Waals surface area contributed by atoms with Crippen LogP contribution in [0.15, 0.2) is 78.0 Å². The summed E-state index contributed by atoms with van der Waals surface area (Å²) >= 11 is 17.7. The van der Waals surface area contributed by atoms with Crippen molar-refractivity contribution in [2.45, 2.75) is 0 Å². The van der Waals surface area contributed by atoms with Crippen molar-refractivity contribution in [3.05, 3.63) is 99.0 Å². The lowest BCUT2D eigenvalue weighted by molar-refractivity contribution is 0.166. The predicted molar refractivity (Wildman–Crippen MR) is 110 cm³/mol. The fourth-order valence-corrected chi connectivity index (χ4v) is 2.63. The van der Waals surface area contributed by atoms with Gasteiger partial charge >= 0.3 is 6.09 Å². The van der Waals surface area contributed by atoms with E-state index in [1.54, 1.807) is 72.8 Å². The van der Waals surface area contributed by atoms with Crippen LogP contribution < -0.4 is 5.32 Å². The molecule has 0 saturated carbocycles. The third-order valence-electron chi connectivity index (χ3n) is 3.55. The molecule has 4 nitrogen and oxygen atoms in total. The lowest BCUT2D eigenvalue weighted by Gasteiger charge is -2.08. The summed E-state index contributed by atoms with van der Waals surface area (Å²) in [6.07, 6.45) is -0.724. The molecule has 0 fully saturated rings. The maximum absolute atomic E-state index is 12.1. The van der Waals surface area contributed by atoms with Crippen molar-refractivity contribution in [2.24, 2.45) is 5.16 Å². The van der Waals surface area contributed by atoms with E-state index in [-0.39, 0.29) is 0 Å². The zero-order chi connectivity index (χ0) is 19.2.